The molecule has 0 atom stereocenters. The standard InChI is InChI=1S/2C6I4S4/c2*7-1-2(8)12-5(11-1)6-13-3(9)4(10)14-6. The first-order valence-corrected chi connectivity index (χ1v) is 21.4. The van der Waals surface area contributed by atoms with Gasteiger partial charge in [-0.15, -0.1) is 0 Å². The predicted molar refractivity (Wildman–Crippen MR) is 215 cm³/mol. The summed E-state index contributed by atoms with van der Waals surface area (Å²) in [6.45, 7) is 0. The molecule has 0 bridgehead atoms. The van der Waals surface area contributed by atoms with Crippen LogP contribution >= 0.6 is 275 Å². The number of hydrogen-bond donors (Lipinski definition) is 0. The van der Waals surface area contributed by atoms with E-state index in [0.29, 0.717) is 0 Å². The van der Waals surface area contributed by atoms with Gasteiger partial charge in [0.05, 0.1) is 40.2 Å². The van der Waals surface area contributed by atoms with Gasteiger partial charge in [-0.2, -0.15) is 0 Å². The van der Waals surface area contributed by atoms with Gasteiger partial charge in [0.1, 0.15) is 0 Å². The van der Waals surface area contributed by atoms with Gasteiger partial charge in [0.2, 0.25) is 0 Å². The van der Waals surface area contributed by atoms with E-state index in [1.54, 1.807) is 0 Å². The first kappa shape index (κ1) is 29.6. The molecule has 4 heterocycles. The molecule has 0 amide bonds. The Balaban J connectivity index is 0.000000161. The third-order valence-corrected chi connectivity index (χ3v) is 28.8. The van der Waals surface area contributed by atoms with E-state index in [2.05, 4.69) is 181 Å². The lowest BCUT2D eigenvalue weighted by Crippen LogP contribution is -1.65. The molecule has 152 valence electrons. The fourth-order valence-corrected chi connectivity index (χ4v) is 21.2. The van der Waals surface area contributed by atoms with Crippen molar-refractivity contribution in [3.63, 3.8) is 0 Å². The van der Waals surface area contributed by atoms with Crippen LogP contribution in [0, 0.1) is 0 Å². The van der Waals surface area contributed by atoms with Crippen LogP contribution in [0.2, 0.25) is 0 Å². The largest absolute Gasteiger partial charge is 0.0726 e. The van der Waals surface area contributed by atoms with Gasteiger partial charge in [0.15, 0.2) is 0 Å². The molecule has 0 unspecified atom stereocenters. The highest BCUT2D eigenvalue weighted by molar-refractivity contribution is 14.1. The summed E-state index contributed by atoms with van der Waals surface area (Å²) in [5.41, 5.74) is 0. The maximum absolute atomic E-state index is 2.41. The van der Waals surface area contributed by atoms with Crippen molar-refractivity contribution in [2.45, 2.75) is 0 Å². The fourth-order valence-electron chi connectivity index (χ4n) is 1.39. The third kappa shape index (κ3) is 8.56. The molecular formula is C12I8S8. The summed E-state index contributed by atoms with van der Waals surface area (Å²) in [5.74, 6) is 0. The number of halogens is 8. The molecule has 0 aromatic rings. The molecule has 0 radical (unpaired) electrons. The van der Waals surface area contributed by atoms with Gasteiger partial charge in [-0.05, 0) is 181 Å². The van der Waals surface area contributed by atoms with E-state index in [-0.39, 0.29) is 0 Å². The molecule has 0 aromatic carbocycles. The van der Waals surface area contributed by atoms with Gasteiger partial charge in [-0.3, -0.25) is 0 Å². The zero-order valence-electron chi connectivity index (χ0n) is 12.3. The average molecular weight is 1420 g/mol. The second-order valence-electron chi connectivity index (χ2n) is 4.16. The molecule has 28 heavy (non-hydrogen) atoms. The highest BCUT2D eigenvalue weighted by Gasteiger charge is 2.27. The topological polar surface area (TPSA) is 0 Å². The van der Waals surface area contributed by atoms with Crippen LogP contribution in [0.4, 0.5) is 0 Å². The van der Waals surface area contributed by atoms with Gasteiger partial charge in [0.25, 0.3) is 0 Å². The summed E-state index contributed by atoms with van der Waals surface area (Å²) in [5, 5.41) is 0. The van der Waals surface area contributed by atoms with Gasteiger partial charge in [0, 0.05) is 0 Å². The molecule has 4 aliphatic heterocycles. The molecule has 0 fully saturated rings. The molecular weight excluding hydrogens is 1420 g/mol. The Morgan fingerprint density at radius 2 is 0.357 bits per heavy atom. The molecule has 16 heteroatoms. The van der Waals surface area contributed by atoms with Crippen LogP contribution in [0.15, 0.2) is 40.2 Å². The van der Waals surface area contributed by atoms with Crippen molar-refractivity contribution in [2.24, 2.45) is 0 Å². The van der Waals surface area contributed by atoms with E-state index in [9.17, 15) is 0 Å². The van der Waals surface area contributed by atoms with Crippen molar-refractivity contribution < 1.29 is 0 Å². The van der Waals surface area contributed by atoms with Crippen LogP contribution in [0.3, 0.4) is 0 Å². The van der Waals surface area contributed by atoms with Crippen LogP contribution in [0.25, 0.3) is 0 Å². The van der Waals surface area contributed by atoms with Crippen LogP contribution in [-0.2, 0) is 0 Å². The number of thioether (sulfide) groups is 8. The molecule has 0 nitrogen and oxygen atoms in total. The minimum Gasteiger partial charge on any atom is -0.0726 e. The molecule has 4 rings (SSSR count). The summed E-state index contributed by atoms with van der Waals surface area (Å²) < 4.78 is 17.1. The molecule has 0 N–H and O–H groups in total. The average Bonchev–Trinajstić information content (AvgIpc) is 3.34. The maximum Gasteiger partial charge on any atom is 0.0716 e. The summed E-state index contributed by atoms with van der Waals surface area (Å²) in [6.07, 6.45) is 0. The van der Waals surface area contributed by atoms with E-state index in [1.807, 2.05) is 94.1 Å². The van der Waals surface area contributed by atoms with Crippen LogP contribution < -0.4 is 0 Å². The second-order valence-corrected chi connectivity index (χ2v) is 27.8. The van der Waals surface area contributed by atoms with Gasteiger partial charge >= 0.3 is 0 Å². The summed E-state index contributed by atoms with van der Waals surface area (Å²) >= 11 is 34.5. The van der Waals surface area contributed by atoms with Crippen molar-refractivity contribution in [1.82, 2.24) is 0 Å². The lowest BCUT2D eigenvalue weighted by Gasteiger charge is -1.99. The monoisotopic (exact) mass is 1420 g/mol. The Labute approximate surface area is 307 Å². The Bertz CT molecular complexity index is 705. The van der Waals surface area contributed by atoms with E-state index < -0.39 is 0 Å². The van der Waals surface area contributed by atoms with Crippen molar-refractivity contribution >= 4 is 275 Å². The van der Waals surface area contributed by atoms with Crippen LogP contribution in [0.5, 0.6) is 0 Å². The number of hydrogen-bond acceptors (Lipinski definition) is 8. The SMILES string of the molecule is IC1=C(I)SC(=C2SC(I)=C(I)S2)S1.IC1=C(I)SC(=C2SC(I)=C(I)S2)S1. The molecule has 4 aliphatic rings. The van der Waals surface area contributed by atoms with Crippen molar-refractivity contribution in [1.29, 1.82) is 0 Å². The molecule has 0 aliphatic carbocycles. The molecule has 0 aromatic heterocycles. The number of rotatable bonds is 0. The van der Waals surface area contributed by atoms with Gasteiger partial charge in [-0.1, -0.05) is 94.1 Å². The molecule has 0 saturated carbocycles. The first-order valence-electron chi connectivity index (χ1n) is 6.28. The fraction of sp³-hybridized carbons (Fsp3) is 0. The minimum atomic E-state index is 1.41. The van der Waals surface area contributed by atoms with Crippen molar-refractivity contribution in [3.8, 4) is 0 Å². The normalized spacial score (nSPS) is 23.1. The first-order chi connectivity index (χ1) is 13.2. The zero-order valence-corrected chi connectivity index (χ0v) is 36.1. The predicted octanol–water partition coefficient (Wildman–Crippen LogP) is 14.1. The summed E-state index contributed by atoms with van der Waals surface area (Å²) in [7, 11) is 0. The highest BCUT2D eigenvalue weighted by atomic mass is 127. The maximum atomic E-state index is 2.41. The van der Waals surface area contributed by atoms with Crippen molar-refractivity contribution in [2.75, 3.05) is 0 Å². The molecule has 0 saturated heterocycles. The quantitative estimate of drug-likeness (QED) is 0.217. The van der Waals surface area contributed by atoms with E-state index in [1.165, 1.54) is 40.2 Å². The smallest absolute Gasteiger partial charge is 0.0716 e. The van der Waals surface area contributed by atoms with Gasteiger partial charge < -0.3 is 0 Å². The minimum absolute atomic E-state index is 1.41. The third-order valence-electron chi connectivity index (χ3n) is 2.41. The van der Waals surface area contributed by atoms with E-state index >= 15 is 0 Å². The van der Waals surface area contributed by atoms with E-state index in [0.717, 1.165) is 0 Å². The van der Waals surface area contributed by atoms with Gasteiger partial charge in [-0.25, -0.2) is 0 Å². The lowest BCUT2D eigenvalue weighted by atomic mass is 11.2. The van der Waals surface area contributed by atoms with E-state index in [4.69, 9.17) is 0 Å². The summed E-state index contributed by atoms with van der Waals surface area (Å²) in [4.78, 5) is 0. The Morgan fingerprint density at radius 1 is 0.250 bits per heavy atom. The Kier molecular flexibility index (Phi) is 15.1. The van der Waals surface area contributed by atoms with Crippen LogP contribution in [-0.4, -0.2) is 0 Å². The lowest BCUT2D eigenvalue weighted by molar-refractivity contribution is 2.38. The second kappa shape index (κ2) is 14.3. The van der Waals surface area contributed by atoms with Crippen molar-refractivity contribution in [3.05, 3.63) is 40.2 Å². The molecule has 0 spiro atoms. The highest BCUT2D eigenvalue weighted by Crippen LogP contribution is 2.65. The summed E-state index contributed by atoms with van der Waals surface area (Å²) in [6, 6.07) is 0. The van der Waals surface area contributed by atoms with Crippen LogP contribution in [0.1, 0.15) is 0 Å². The zero-order chi connectivity index (χ0) is 20.6. The Hall–Kier alpha value is 7.08. The Morgan fingerprint density at radius 3 is 0.464 bits per heavy atom.